The van der Waals surface area contributed by atoms with Gasteiger partial charge in [-0.15, -0.1) is 12.4 Å². The van der Waals surface area contributed by atoms with Crippen molar-refractivity contribution in [2.24, 2.45) is 0 Å². The Labute approximate surface area is 157 Å². The zero-order valence-electron chi connectivity index (χ0n) is 13.8. The minimum Gasteiger partial charge on any atom is -0.336 e. The molecule has 2 aliphatic rings. The molecule has 0 bridgehead atoms. The highest BCUT2D eigenvalue weighted by atomic mass is 35.5. The maximum atomic E-state index is 12.1. The van der Waals surface area contributed by atoms with E-state index in [9.17, 15) is 14.9 Å². The number of nitrogens with one attached hydrogen (secondary N) is 1. The highest BCUT2D eigenvalue weighted by Gasteiger charge is 2.30. The van der Waals surface area contributed by atoms with Crippen LogP contribution in [0.4, 0.5) is 5.69 Å². The van der Waals surface area contributed by atoms with Gasteiger partial charge in [-0.2, -0.15) is 0 Å². The first-order valence-corrected chi connectivity index (χ1v) is 8.58. The van der Waals surface area contributed by atoms with Crippen molar-refractivity contribution < 1.29 is 9.72 Å². The van der Waals surface area contributed by atoms with E-state index >= 15 is 0 Å². The summed E-state index contributed by atoms with van der Waals surface area (Å²) < 4.78 is 0. The highest BCUT2D eigenvalue weighted by Crippen LogP contribution is 2.26. The number of carbonyl (C=O) groups is 1. The molecule has 2 aliphatic heterocycles. The third-order valence-corrected chi connectivity index (χ3v) is 4.97. The van der Waals surface area contributed by atoms with Gasteiger partial charge >= 0.3 is 0 Å². The van der Waals surface area contributed by atoms with Gasteiger partial charge in [-0.05, 0) is 31.0 Å². The van der Waals surface area contributed by atoms with Crippen LogP contribution >= 0.6 is 24.0 Å². The average molecular weight is 389 g/mol. The highest BCUT2D eigenvalue weighted by molar-refractivity contribution is 6.32. The summed E-state index contributed by atoms with van der Waals surface area (Å²) in [6, 6.07) is 5.13. The van der Waals surface area contributed by atoms with Gasteiger partial charge in [0.1, 0.15) is 5.02 Å². The van der Waals surface area contributed by atoms with Crippen molar-refractivity contribution in [2.45, 2.75) is 25.4 Å². The van der Waals surface area contributed by atoms with Crippen molar-refractivity contribution in [2.75, 3.05) is 32.7 Å². The molecule has 9 heteroatoms. The van der Waals surface area contributed by atoms with Crippen LogP contribution in [0.25, 0.3) is 0 Å². The Morgan fingerprint density at radius 2 is 2.16 bits per heavy atom. The third kappa shape index (κ3) is 4.82. The largest absolute Gasteiger partial charge is 0.336 e. The van der Waals surface area contributed by atoms with Gasteiger partial charge < -0.3 is 10.2 Å². The molecule has 1 aromatic rings. The van der Waals surface area contributed by atoms with E-state index in [2.05, 4.69) is 10.2 Å². The van der Waals surface area contributed by atoms with E-state index in [-0.39, 0.29) is 35.1 Å². The molecule has 25 heavy (non-hydrogen) atoms. The average Bonchev–Trinajstić information content (AvgIpc) is 2.55. The maximum Gasteiger partial charge on any atom is 0.287 e. The number of piperidine rings is 1. The van der Waals surface area contributed by atoms with Crippen LogP contribution in [-0.4, -0.2) is 59.4 Å². The Hall–Kier alpha value is -1.41. The zero-order valence-corrected chi connectivity index (χ0v) is 15.4. The number of nitro benzene ring substituents is 1. The van der Waals surface area contributed by atoms with E-state index < -0.39 is 4.92 Å². The number of halogens is 2. The lowest BCUT2D eigenvalue weighted by Crippen LogP contribution is -2.56. The van der Waals surface area contributed by atoms with Crippen molar-refractivity contribution >= 4 is 35.6 Å². The number of carbonyl (C=O) groups excluding carboxylic acids is 1. The van der Waals surface area contributed by atoms with Gasteiger partial charge in [0, 0.05) is 38.3 Å². The van der Waals surface area contributed by atoms with Crippen LogP contribution < -0.4 is 5.32 Å². The number of nitrogens with zero attached hydrogens (tertiary/aromatic N) is 3. The van der Waals surface area contributed by atoms with E-state index in [1.807, 2.05) is 4.90 Å². The molecule has 0 radical (unpaired) electrons. The lowest BCUT2D eigenvalue weighted by Gasteiger charge is -2.41. The normalized spacial score (nSPS) is 21.7. The number of likely N-dealkylation sites (tertiary alicyclic amines) is 1. The molecule has 1 unspecified atom stereocenters. The van der Waals surface area contributed by atoms with Crippen molar-refractivity contribution in [3.63, 3.8) is 0 Å². The second-order valence-corrected chi connectivity index (χ2v) is 6.75. The molecule has 7 nitrogen and oxygen atoms in total. The molecule has 138 valence electrons. The van der Waals surface area contributed by atoms with E-state index in [1.54, 1.807) is 12.1 Å². The van der Waals surface area contributed by atoms with Crippen LogP contribution in [-0.2, 0) is 11.3 Å². The first-order chi connectivity index (χ1) is 11.5. The summed E-state index contributed by atoms with van der Waals surface area (Å²) in [5, 5.41) is 14.1. The Balaban J connectivity index is 0.00000225. The molecule has 2 heterocycles. The van der Waals surface area contributed by atoms with Crippen LogP contribution in [0.1, 0.15) is 18.4 Å². The molecule has 0 aromatic heterocycles. The molecule has 2 saturated heterocycles. The predicted octanol–water partition coefficient (Wildman–Crippen LogP) is 2.07. The Morgan fingerprint density at radius 1 is 1.36 bits per heavy atom. The maximum absolute atomic E-state index is 12.1. The Kier molecular flexibility index (Phi) is 7.01. The number of nitro groups is 1. The van der Waals surface area contributed by atoms with Crippen molar-refractivity contribution in [3.05, 3.63) is 38.9 Å². The fourth-order valence-corrected chi connectivity index (χ4v) is 3.76. The number of rotatable bonds is 4. The molecule has 2 fully saturated rings. The molecule has 0 spiro atoms. The van der Waals surface area contributed by atoms with Crippen LogP contribution in [0.3, 0.4) is 0 Å². The van der Waals surface area contributed by atoms with Gasteiger partial charge in [0.25, 0.3) is 5.69 Å². The molecule has 1 N–H and O–H groups in total. The van der Waals surface area contributed by atoms with E-state index in [0.29, 0.717) is 13.1 Å². The molecular weight excluding hydrogens is 367 g/mol. The summed E-state index contributed by atoms with van der Waals surface area (Å²) >= 11 is 5.99. The molecule has 1 aromatic carbocycles. The van der Waals surface area contributed by atoms with E-state index in [4.69, 9.17) is 11.6 Å². The molecule has 1 amide bonds. The molecular formula is C16H22Cl2N4O3. The minimum absolute atomic E-state index is 0. The van der Waals surface area contributed by atoms with Gasteiger partial charge in [0.05, 0.1) is 11.5 Å². The van der Waals surface area contributed by atoms with Gasteiger partial charge in [-0.1, -0.05) is 17.7 Å². The quantitative estimate of drug-likeness (QED) is 0.630. The van der Waals surface area contributed by atoms with Gasteiger partial charge in [0.2, 0.25) is 5.91 Å². The summed E-state index contributed by atoms with van der Waals surface area (Å²) in [5.41, 5.74) is 0.890. The topological polar surface area (TPSA) is 78.7 Å². The van der Waals surface area contributed by atoms with E-state index in [1.165, 1.54) is 6.07 Å². The lowest BCUT2D eigenvalue weighted by molar-refractivity contribution is -0.384. The summed E-state index contributed by atoms with van der Waals surface area (Å²) in [5.74, 6) is 0.173. The number of piperazine rings is 1. The van der Waals surface area contributed by atoms with Crippen molar-refractivity contribution in [1.29, 1.82) is 0 Å². The minimum atomic E-state index is -0.473. The first-order valence-electron chi connectivity index (χ1n) is 8.20. The van der Waals surface area contributed by atoms with E-state index in [0.717, 1.165) is 44.6 Å². The molecule has 0 aliphatic carbocycles. The number of benzene rings is 1. The fourth-order valence-electron chi connectivity index (χ4n) is 3.49. The summed E-state index contributed by atoms with van der Waals surface area (Å²) in [7, 11) is 0. The van der Waals surface area contributed by atoms with Crippen LogP contribution in [0.2, 0.25) is 5.02 Å². The van der Waals surface area contributed by atoms with Gasteiger partial charge in [0.15, 0.2) is 0 Å². The molecule has 3 rings (SSSR count). The summed E-state index contributed by atoms with van der Waals surface area (Å²) in [4.78, 5) is 26.7. The van der Waals surface area contributed by atoms with Crippen LogP contribution in [0.15, 0.2) is 18.2 Å². The molecule has 1 atom stereocenters. The van der Waals surface area contributed by atoms with Crippen molar-refractivity contribution in [1.82, 2.24) is 15.1 Å². The monoisotopic (exact) mass is 388 g/mol. The van der Waals surface area contributed by atoms with Crippen LogP contribution in [0.5, 0.6) is 0 Å². The summed E-state index contributed by atoms with van der Waals surface area (Å²) in [6.45, 7) is 4.52. The predicted molar refractivity (Wildman–Crippen MR) is 98.2 cm³/mol. The fraction of sp³-hybridized carbons (Fsp3) is 0.562. The van der Waals surface area contributed by atoms with Crippen LogP contribution in [0, 0.1) is 10.1 Å². The van der Waals surface area contributed by atoms with Crippen molar-refractivity contribution in [3.8, 4) is 0 Å². The van der Waals surface area contributed by atoms with Gasteiger partial charge in [-0.3, -0.25) is 19.8 Å². The second kappa shape index (κ2) is 8.80. The number of hydrogen-bond acceptors (Lipinski definition) is 5. The molecule has 0 saturated carbocycles. The second-order valence-electron chi connectivity index (χ2n) is 6.34. The number of hydrogen-bond donors (Lipinski definition) is 1. The number of amides is 1. The summed E-state index contributed by atoms with van der Waals surface area (Å²) in [6.07, 6.45) is 2.08. The van der Waals surface area contributed by atoms with Gasteiger partial charge in [-0.25, -0.2) is 0 Å². The SMILES string of the molecule is Cl.O=C1CNCCN1C1CCCN(Cc2ccc([N+](=O)[O-])c(Cl)c2)C1. The lowest BCUT2D eigenvalue weighted by atomic mass is 10.0. The smallest absolute Gasteiger partial charge is 0.287 e. The Morgan fingerprint density at radius 3 is 2.84 bits per heavy atom. The standard InChI is InChI=1S/C16H21ClN4O3.ClH/c17-14-8-12(3-4-15(14)21(23)24)10-19-6-1-2-13(11-19)20-7-5-18-9-16(20)22;/h3-4,8,13,18H,1-2,5-7,9-11H2;1H. The zero-order chi connectivity index (χ0) is 17.1. The Bertz CT molecular complexity index is 644. The third-order valence-electron chi connectivity index (χ3n) is 4.66. The first kappa shape index (κ1) is 19.9.